The number of amides is 2. The van der Waals surface area contributed by atoms with Crippen molar-refractivity contribution in [1.29, 1.82) is 0 Å². The van der Waals surface area contributed by atoms with E-state index >= 15 is 0 Å². The van der Waals surface area contributed by atoms with E-state index in [1.165, 1.54) is 6.26 Å². The number of anilines is 1. The van der Waals surface area contributed by atoms with Crippen LogP contribution in [-0.4, -0.2) is 17.7 Å². The van der Waals surface area contributed by atoms with Crippen molar-refractivity contribution in [1.82, 2.24) is 5.32 Å². The first-order valence-electron chi connectivity index (χ1n) is 6.19. The Morgan fingerprint density at radius 3 is 2.62 bits per heavy atom. The molecule has 2 aromatic rings. The number of rotatable bonds is 4. The predicted molar refractivity (Wildman–Crippen MR) is 81.9 cm³/mol. The Hall–Kier alpha value is -1.69. The van der Waals surface area contributed by atoms with Gasteiger partial charge in [0.05, 0.1) is 12.8 Å². The van der Waals surface area contributed by atoms with Crippen molar-refractivity contribution in [2.45, 2.75) is 13.0 Å². The van der Waals surface area contributed by atoms with Crippen molar-refractivity contribution < 1.29 is 14.3 Å². The molecule has 0 fully saturated rings. The zero-order valence-electron chi connectivity index (χ0n) is 11.2. The topological polar surface area (TPSA) is 74.5 Å². The van der Waals surface area contributed by atoms with Crippen molar-refractivity contribution in [3.8, 4) is 0 Å². The lowest BCUT2D eigenvalue weighted by atomic mass is 10.2. The molecule has 7 heteroatoms. The van der Waals surface area contributed by atoms with Crippen LogP contribution in [0.2, 0.25) is 10.0 Å². The molecule has 0 saturated heterocycles. The fourth-order valence-corrected chi connectivity index (χ4v) is 2.15. The summed E-state index contributed by atoms with van der Waals surface area (Å²) >= 11 is 12.0. The van der Waals surface area contributed by atoms with Gasteiger partial charge in [-0.3, -0.25) is 0 Å². The first-order valence-corrected chi connectivity index (χ1v) is 6.95. The molecule has 0 spiro atoms. The molecule has 0 aliphatic carbocycles. The van der Waals surface area contributed by atoms with E-state index in [1.54, 1.807) is 31.2 Å². The minimum atomic E-state index is -0.907. The van der Waals surface area contributed by atoms with Crippen LogP contribution in [0.1, 0.15) is 17.4 Å². The van der Waals surface area contributed by atoms with Gasteiger partial charge in [0, 0.05) is 15.7 Å². The predicted octanol–water partition coefficient (Wildman–Crippen LogP) is 3.75. The van der Waals surface area contributed by atoms with E-state index in [0.29, 0.717) is 21.5 Å². The summed E-state index contributed by atoms with van der Waals surface area (Å²) in [7, 11) is 0. The van der Waals surface area contributed by atoms with Gasteiger partial charge in [0.2, 0.25) is 0 Å². The van der Waals surface area contributed by atoms with Crippen molar-refractivity contribution in [3.05, 3.63) is 51.9 Å². The molecule has 1 aromatic heterocycles. The summed E-state index contributed by atoms with van der Waals surface area (Å²) in [5, 5.41) is 15.8. The molecule has 2 rings (SSSR count). The van der Waals surface area contributed by atoms with Crippen LogP contribution < -0.4 is 10.6 Å². The molecule has 0 radical (unpaired) electrons. The summed E-state index contributed by atoms with van der Waals surface area (Å²) in [6.07, 6.45) is 0.547. The summed E-state index contributed by atoms with van der Waals surface area (Å²) in [6.45, 7) is 1.81. The Balaban J connectivity index is 1.90. The number of carbonyl (C=O) groups is 1. The third kappa shape index (κ3) is 4.14. The number of hydrogen-bond acceptors (Lipinski definition) is 3. The van der Waals surface area contributed by atoms with E-state index in [2.05, 4.69) is 10.6 Å². The van der Waals surface area contributed by atoms with Gasteiger partial charge in [0.15, 0.2) is 0 Å². The second-order valence-corrected chi connectivity index (χ2v) is 5.25. The minimum absolute atomic E-state index is 0.0205. The number of aliphatic hydroxyl groups excluding tert-OH is 1. The number of furan rings is 1. The zero-order chi connectivity index (χ0) is 15.4. The first kappa shape index (κ1) is 15.7. The molecular formula is C14H14Cl2N2O3. The summed E-state index contributed by atoms with van der Waals surface area (Å²) in [4.78, 5) is 11.7. The summed E-state index contributed by atoms with van der Waals surface area (Å²) in [5.74, 6) is 0.386. The Morgan fingerprint density at radius 1 is 1.38 bits per heavy atom. The van der Waals surface area contributed by atoms with Crippen LogP contribution in [-0.2, 0) is 0 Å². The van der Waals surface area contributed by atoms with Gasteiger partial charge in [-0.15, -0.1) is 0 Å². The molecule has 2 amide bonds. The van der Waals surface area contributed by atoms with Crippen molar-refractivity contribution in [2.75, 3.05) is 11.9 Å². The maximum absolute atomic E-state index is 11.7. The van der Waals surface area contributed by atoms with Gasteiger partial charge in [-0.1, -0.05) is 23.2 Å². The third-order valence-corrected chi connectivity index (χ3v) is 3.65. The van der Waals surface area contributed by atoms with E-state index in [0.717, 1.165) is 5.56 Å². The fourth-order valence-electron chi connectivity index (χ4n) is 1.66. The van der Waals surface area contributed by atoms with Crippen molar-refractivity contribution in [2.24, 2.45) is 0 Å². The van der Waals surface area contributed by atoms with E-state index in [-0.39, 0.29) is 6.54 Å². The van der Waals surface area contributed by atoms with Crippen LogP contribution in [0.3, 0.4) is 0 Å². The Kier molecular flexibility index (Phi) is 5.12. The Morgan fingerprint density at radius 2 is 2.05 bits per heavy atom. The lowest BCUT2D eigenvalue weighted by Crippen LogP contribution is -2.32. The van der Waals surface area contributed by atoms with Gasteiger partial charge >= 0.3 is 6.03 Å². The second kappa shape index (κ2) is 6.85. The van der Waals surface area contributed by atoms with Gasteiger partial charge in [0.25, 0.3) is 0 Å². The first-order chi connectivity index (χ1) is 9.97. The van der Waals surface area contributed by atoms with Gasteiger partial charge in [-0.25, -0.2) is 4.79 Å². The molecule has 0 saturated carbocycles. The molecule has 5 nitrogen and oxygen atoms in total. The zero-order valence-corrected chi connectivity index (χ0v) is 12.7. The molecule has 3 N–H and O–H groups in total. The molecular weight excluding hydrogens is 315 g/mol. The van der Waals surface area contributed by atoms with Crippen LogP contribution in [0.4, 0.5) is 10.5 Å². The highest BCUT2D eigenvalue weighted by molar-refractivity contribution is 6.36. The van der Waals surface area contributed by atoms with Crippen molar-refractivity contribution in [3.63, 3.8) is 0 Å². The monoisotopic (exact) mass is 328 g/mol. The molecule has 1 aromatic carbocycles. The summed E-state index contributed by atoms with van der Waals surface area (Å²) < 4.78 is 5.03. The summed E-state index contributed by atoms with van der Waals surface area (Å²) in [6, 6.07) is 6.02. The average molecular weight is 329 g/mol. The number of nitrogens with one attached hydrogen (secondary N) is 2. The number of halogens is 2. The van der Waals surface area contributed by atoms with Gasteiger partial charge in [-0.2, -0.15) is 0 Å². The lowest BCUT2D eigenvalue weighted by molar-refractivity contribution is 0.149. The molecule has 0 aliphatic rings. The highest BCUT2D eigenvalue weighted by Crippen LogP contribution is 2.28. The standard InChI is InChI=1S/C14H14Cl2N2O3/c1-8-10(15)5-9(6-11(8)16)18-14(20)17-7-12(19)13-3-2-4-21-13/h2-6,12,19H,7H2,1H3,(H2,17,18,20). The van der Waals surface area contributed by atoms with E-state index in [9.17, 15) is 9.90 Å². The number of hydrogen-bond donors (Lipinski definition) is 3. The van der Waals surface area contributed by atoms with Crippen LogP contribution in [0.15, 0.2) is 34.9 Å². The number of carbonyl (C=O) groups excluding carboxylic acids is 1. The van der Waals surface area contributed by atoms with E-state index in [4.69, 9.17) is 27.6 Å². The minimum Gasteiger partial charge on any atom is -0.467 e. The molecule has 1 unspecified atom stereocenters. The largest absolute Gasteiger partial charge is 0.467 e. The molecule has 112 valence electrons. The fraction of sp³-hybridized carbons (Fsp3) is 0.214. The average Bonchev–Trinajstić information content (AvgIpc) is 2.96. The molecule has 0 aliphatic heterocycles. The van der Waals surface area contributed by atoms with Crippen LogP contribution in [0, 0.1) is 6.92 Å². The van der Waals surface area contributed by atoms with Gasteiger partial charge in [0.1, 0.15) is 11.9 Å². The number of urea groups is 1. The maximum Gasteiger partial charge on any atom is 0.319 e. The molecule has 0 bridgehead atoms. The quantitative estimate of drug-likeness (QED) is 0.800. The highest BCUT2D eigenvalue weighted by Gasteiger charge is 2.12. The van der Waals surface area contributed by atoms with Gasteiger partial charge in [-0.05, 0) is 36.8 Å². The number of benzene rings is 1. The maximum atomic E-state index is 11.7. The molecule has 21 heavy (non-hydrogen) atoms. The second-order valence-electron chi connectivity index (χ2n) is 4.43. The van der Waals surface area contributed by atoms with Gasteiger partial charge < -0.3 is 20.2 Å². The summed E-state index contributed by atoms with van der Waals surface area (Å²) in [5.41, 5.74) is 1.22. The van der Waals surface area contributed by atoms with Crippen molar-refractivity contribution >= 4 is 34.9 Å². The SMILES string of the molecule is Cc1c(Cl)cc(NC(=O)NCC(O)c2ccco2)cc1Cl. The van der Waals surface area contributed by atoms with Crippen LogP contribution in [0.5, 0.6) is 0 Å². The van der Waals surface area contributed by atoms with E-state index in [1.807, 2.05) is 0 Å². The Bertz CT molecular complexity index is 606. The normalized spacial score (nSPS) is 12.0. The van der Waals surface area contributed by atoms with E-state index < -0.39 is 12.1 Å². The third-order valence-electron chi connectivity index (χ3n) is 2.87. The smallest absolute Gasteiger partial charge is 0.319 e. The number of aliphatic hydroxyl groups is 1. The lowest BCUT2D eigenvalue weighted by Gasteiger charge is -2.12. The van der Waals surface area contributed by atoms with Crippen LogP contribution >= 0.6 is 23.2 Å². The van der Waals surface area contributed by atoms with Crippen LogP contribution in [0.25, 0.3) is 0 Å². The molecule has 1 atom stereocenters. The molecule has 1 heterocycles. The highest BCUT2D eigenvalue weighted by atomic mass is 35.5. The Labute approximate surface area is 131 Å².